The third kappa shape index (κ3) is 3.82. The number of nitrogens with one attached hydrogen (secondary N) is 1. The number of aryl methyl sites for hydroxylation is 1. The summed E-state index contributed by atoms with van der Waals surface area (Å²) in [5.41, 5.74) is 1.95. The summed E-state index contributed by atoms with van der Waals surface area (Å²) in [5.74, 6) is -0.806. The van der Waals surface area contributed by atoms with Crippen LogP contribution in [0.15, 0.2) is 71.8 Å². The van der Waals surface area contributed by atoms with Gasteiger partial charge < -0.3 is 9.88 Å². The Morgan fingerprint density at radius 3 is 2.73 bits per heavy atom. The second kappa shape index (κ2) is 8.08. The number of pyridine rings is 2. The Morgan fingerprint density at radius 1 is 1.17 bits per heavy atom. The minimum atomic E-state index is -0.530. The van der Waals surface area contributed by atoms with E-state index < -0.39 is 11.4 Å². The van der Waals surface area contributed by atoms with E-state index in [2.05, 4.69) is 9.97 Å². The first-order valence-electron chi connectivity index (χ1n) is 9.22. The first-order valence-corrected chi connectivity index (χ1v) is 9.60. The maximum absolute atomic E-state index is 14.3. The molecule has 0 saturated carbocycles. The van der Waals surface area contributed by atoms with Crippen LogP contribution in [0.3, 0.4) is 0 Å². The van der Waals surface area contributed by atoms with Crippen molar-refractivity contribution in [1.29, 1.82) is 0 Å². The van der Waals surface area contributed by atoms with Crippen LogP contribution >= 0.6 is 11.6 Å². The van der Waals surface area contributed by atoms with Crippen molar-refractivity contribution < 1.29 is 9.18 Å². The molecule has 5 nitrogen and oxygen atoms in total. The Bertz CT molecular complexity index is 1320. The summed E-state index contributed by atoms with van der Waals surface area (Å²) < 4.78 is 14.3. The lowest BCUT2D eigenvalue weighted by Crippen LogP contribution is -2.31. The molecule has 0 unspecified atom stereocenters. The molecular formula is C23H17ClFN3O2. The van der Waals surface area contributed by atoms with Crippen LogP contribution in [0.25, 0.3) is 10.9 Å². The van der Waals surface area contributed by atoms with Gasteiger partial charge in [-0.15, -0.1) is 0 Å². The maximum Gasteiger partial charge on any atom is 0.258 e. The van der Waals surface area contributed by atoms with Gasteiger partial charge >= 0.3 is 0 Å². The van der Waals surface area contributed by atoms with E-state index in [9.17, 15) is 14.0 Å². The number of aromatic amines is 1. The third-order valence-corrected chi connectivity index (χ3v) is 5.09. The molecule has 4 rings (SSSR count). The van der Waals surface area contributed by atoms with Crippen LogP contribution in [0.1, 0.15) is 21.5 Å². The number of hydrogen-bond donors (Lipinski definition) is 1. The molecule has 2 aromatic carbocycles. The van der Waals surface area contributed by atoms with Crippen LogP contribution in [-0.4, -0.2) is 15.9 Å². The number of carbonyl (C=O) groups is 1. The number of para-hydroxylation sites is 1. The molecule has 0 saturated heterocycles. The molecule has 0 bridgehead atoms. The number of anilines is 1. The van der Waals surface area contributed by atoms with Gasteiger partial charge in [0.05, 0.1) is 12.1 Å². The molecule has 30 heavy (non-hydrogen) atoms. The minimum Gasteiger partial charge on any atom is -0.319 e. The highest BCUT2D eigenvalue weighted by Crippen LogP contribution is 2.26. The smallest absolute Gasteiger partial charge is 0.258 e. The number of H-pyrrole nitrogens is 1. The number of carbonyl (C=O) groups excluding carboxylic acids is 1. The number of hydrogen-bond acceptors (Lipinski definition) is 3. The summed E-state index contributed by atoms with van der Waals surface area (Å²) in [6.07, 6.45) is 3.16. The quantitative estimate of drug-likeness (QED) is 0.511. The monoisotopic (exact) mass is 421 g/mol. The Labute approximate surface area is 176 Å². The standard InChI is InChI=1S/C23H17ClFN3O2/c1-14-12-26-9-8-18(14)23(30)28(17-5-2-4-16(24)11-17)13-15-10-21(29)27-22-19(15)6-3-7-20(22)25/h2-12H,13H2,1H3,(H,27,29). The Balaban J connectivity index is 1.87. The molecule has 1 amide bonds. The largest absolute Gasteiger partial charge is 0.319 e. The Kier molecular flexibility index (Phi) is 5.33. The normalized spacial score (nSPS) is 10.9. The van der Waals surface area contributed by atoms with E-state index >= 15 is 0 Å². The predicted octanol–water partition coefficient (Wildman–Crippen LogP) is 4.87. The van der Waals surface area contributed by atoms with Gasteiger partial charge in [0.2, 0.25) is 5.56 Å². The van der Waals surface area contributed by atoms with E-state index in [1.165, 1.54) is 17.0 Å². The summed E-state index contributed by atoms with van der Waals surface area (Å²) in [6, 6.07) is 14.5. The molecule has 7 heteroatoms. The van der Waals surface area contributed by atoms with Gasteiger partial charge in [-0.2, -0.15) is 0 Å². The second-order valence-electron chi connectivity index (χ2n) is 6.88. The lowest BCUT2D eigenvalue weighted by molar-refractivity contribution is 0.0984. The van der Waals surface area contributed by atoms with Crippen molar-refractivity contribution in [2.24, 2.45) is 0 Å². The molecule has 0 radical (unpaired) electrons. The second-order valence-corrected chi connectivity index (χ2v) is 7.32. The number of aromatic nitrogens is 2. The van der Waals surface area contributed by atoms with Crippen LogP contribution in [0.2, 0.25) is 5.02 Å². The van der Waals surface area contributed by atoms with Gasteiger partial charge in [-0.1, -0.05) is 29.8 Å². The number of halogens is 2. The zero-order valence-electron chi connectivity index (χ0n) is 16.0. The molecule has 4 aromatic rings. The van der Waals surface area contributed by atoms with E-state index in [0.29, 0.717) is 27.2 Å². The Hall–Kier alpha value is -3.51. The summed E-state index contributed by atoms with van der Waals surface area (Å²) >= 11 is 6.16. The number of rotatable bonds is 4. The van der Waals surface area contributed by atoms with Crippen molar-refractivity contribution in [1.82, 2.24) is 9.97 Å². The van der Waals surface area contributed by atoms with Crippen molar-refractivity contribution in [3.63, 3.8) is 0 Å². The topological polar surface area (TPSA) is 66.1 Å². The first-order chi connectivity index (χ1) is 14.4. The lowest BCUT2D eigenvalue weighted by Gasteiger charge is -2.24. The molecular weight excluding hydrogens is 405 g/mol. The van der Waals surface area contributed by atoms with Crippen molar-refractivity contribution in [3.8, 4) is 0 Å². The van der Waals surface area contributed by atoms with Gasteiger partial charge in [0.15, 0.2) is 0 Å². The fourth-order valence-corrected chi connectivity index (χ4v) is 3.58. The van der Waals surface area contributed by atoms with E-state index in [-0.39, 0.29) is 18.0 Å². The molecule has 0 fully saturated rings. The summed E-state index contributed by atoms with van der Waals surface area (Å²) in [7, 11) is 0. The van der Waals surface area contributed by atoms with Crippen LogP contribution in [-0.2, 0) is 6.54 Å². The van der Waals surface area contributed by atoms with E-state index in [1.54, 1.807) is 61.8 Å². The van der Waals surface area contributed by atoms with Crippen LogP contribution in [0.5, 0.6) is 0 Å². The highest BCUT2D eigenvalue weighted by Gasteiger charge is 2.21. The lowest BCUT2D eigenvalue weighted by atomic mass is 10.1. The summed E-state index contributed by atoms with van der Waals surface area (Å²) in [6.45, 7) is 1.86. The molecule has 2 heterocycles. The first kappa shape index (κ1) is 19.8. The summed E-state index contributed by atoms with van der Waals surface area (Å²) in [4.78, 5) is 33.7. The number of amides is 1. The molecule has 150 valence electrons. The van der Waals surface area contributed by atoms with Crippen molar-refractivity contribution in [3.05, 3.63) is 105 Å². The zero-order valence-corrected chi connectivity index (χ0v) is 16.8. The fourth-order valence-electron chi connectivity index (χ4n) is 3.40. The number of benzene rings is 2. The van der Waals surface area contributed by atoms with E-state index in [1.807, 2.05) is 0 Å². The Morgan fingerprint density at radius 2 is 1.97 bits per heavy atom. The van der Waals surface area contributed by atoms with Gasteiger partial charge in [-0.05, 0) is 48.4 Å². The van der Waals surface area contributed by atoms with E-state index in [0.717, 1.165) is 5.56 Å². The molecule has 0 spiro atoms. The van der Waals surface area contributed by atoms with Crippen LogP contribution in [0.4, 0.5) is 10.1 Å². The molecule has 0 aliphatic rings. The SMILES string of the molecule is Cc1cnccc1C(=O)N(Cc1cc(=O)[nH]c2c(F)cccc12)c1cccc(Cl)c1. The molecule has 0 aliphatic carbocycles. The molecule has 0 atom stereocenters. The van der Waals surface area contributed by atoms with Gasteiger partial charge in [0.25, 0.3) is 5.91 Å². The van der Waals surface area contributed by atoms with Crippen molar-refractivity contribution >= 4 is 34.1 Å². The van der Waals surface area contributed by atoms with Crippen molar-refractivity contribution in [2.45, 2.75) is 13.5 Å². The van der Waals surface area contributed by atoms with Gasteiger partial charge in [-0.3, -0.25) is 14.6 Å². The average molecular weight is 422 g/mol. The van der Waals surface area contributed by atoms with E-state index in [4.69, 9.17) is 11.6 Å². The fraction of sp³-hybridized carbons (Fsp3) is 0.0870. The number of nitrogens with zero attached hydrogens (tertiary/aromatic N) is 2. The third-order valence-electron chi connectivity index (χ3n) is 4.86. The molecule has 0 aliphatic heterocycles. The van der Waals surface area contributed by atoms with Crippen LogP contribution in [0, 0.1) is 12.7 Å². The van der Waals surface area contributed by atoms with Gasteiger partial charge in [0, 0.05) is 40.1 Å². The van der Waals surface area contributed by atoms with Crippen LogP contribution < -0.4 is 10.5 Å². The zero-order chi connectivity index (χ0) is 21.3. The summed E-state index contributed by atoms with van der Waals surface area (Å²) in [5, 5.41) is 0.999. The number of fused-ring (bicyclic) bond motifs is 1. The van der Waals surface area contributed by atoms with Gasteiger partial charge in [0.1, 0.15) is 5.82 Å². The molecule has 2 aromatic heterocycles. The van der Waals surface area contributed by atoms with Gasteiger partial charge in [-0.25, -0.2) is 4.39 Å². The maximum atomic E-state index is 14.3. The average Bonchev–Trinajstić information content (AvgIpc) is 2.72. The highest BCUT2D eigenvalue weighted by molar-refractivity contribution is 6.31. The predicted molar refractivity (Wildman–Crippen MR) is 115 cm³/mol. The minimum absolute atomic E-state index is 0.0603. The van der Waals surface area contributed by atoms with Crippen molar-refractivity contribution in [2.75, 3.05) is 4.90 Å². The molecule has 1 N–H and O–H groups in total. The highest BCUT2D eigenvalue weighted by atomic mass is 35.5.